The molecule has 96 valence electrons. The number of nitrogens with one attached hydrogen (secondary N) is 1. The Labute approximate surface area is 113 Å². The predicted molar refractivity (Wildman–Crippen MR) is 69.8 cm³/mol. The van der Waals surface area contributed by atoms with Gasteiger partial charge in [0.25, 0.3) is 0 Å². The first-order valence-corrected chi connectivity index (χ1v) is 6.48. The van der Waals surface area contributed by atoms with Crippen LogP contribution in [0.2, 0.25) is 5.02 Å². The van der Waals surface area contributed by atoms with E-state index in [0.717, 1.165) is 11.5 Å². The molecular weight excluding hydrogens is 277 g/mol. The fourth-order valence-electron chi connectivity index (χ4n) is 1.34. The molecule has 4 nitrogen and oxygen atoms in total. The molecule has 0 amide bonds. The highest BCUT2D eigenvalue weighted by Gasteiger charge is 2.10. The SMILES string of the molecule is CCNc1snnc1COc1ccc(Cl)cc1F. The third kappa shape index (κ3) is 3.08. The number of hydrogen-bond acceptors (Lipinski definition) is 5. The Kier molecular flexibility index (Phi) is 4.33. The molecule has 0 unspecified atom stereocenters. The lowest BCUT2D eigenvalue weighted by molar-refractivity contribution is 0.286. The Bertz CT molecular complexity index is 535. The molecule has 0 aliphatic heterocycles. The zero-order valence-electron chi connectivity index (χ0n) is 9.61. The van der Waals surface area contributed by atoms with Crippen molar-refractivity contribution in [3.05, 3.63) is 34.7 Å². The topological polar surface area (TPSA) is 47.0 Å². The number of anilines is 1. The Morgan fingerprint density at radius 3 is 3.06 bits per heavy atom. The van der Waals surface area contributed by atoms with Crippen LogP contribution in [-0.2, 0) is 6.61 Å². The van der Waals surface area contributed by atoms with Crippen molar-refractivity contribution in [3.8, 4) is 5.75 Å². The molecule has 0 bridgehead atoms. The molecule has 1 aromatic carbocycles. The van der Waals surface area contributed by atoms with Crippen LogP contribution in [0, 0.1) is 5.82 Å². The van der Waals surface area contributed by atoms with Crippen LogP contribution in [0.3, 0.4) is 0 Å². The Hall–Kier alpha value is -1.40. The molecule has 1 N–H and O–H groups in total. The lowest BCUT2D eigenvalue weighted by atomic mass is 10.3. The molecule has 0 radical (unpaired) electrons. The molecule has 1 aromatic heterocycles. The van der Waals surface area contributed by atoms with E-state index < -0.39 is 5.82 Å². The highest BCUT2D eigenvalue weighted by Crippen LogP contribution is 2.24. The van der Waals surface area contributed by atoms with Gasteiger partial charge in [-0.1, -0.05) is 16.1 Å². The summed E-state index contributed by atoms with van der Waals surface area (Å²) < 4.78 is 22.6. The van der Waals surface area contributed by atoms with E-state index in [1.165, 1.54) is 23.7 Å². The minimum absolute atomic E-state index is 0.148. The molecule has 0 aliphatic carbocycles. The minimum Gasteiger partial charge on any atom is -0.484 e. The summed E-state index contributed by atoms with van der Waals surface area (Å²) in [6.45, 7) is 2.91. The summed E-state index contributed by atoms with van der Waals surface area (Å²) in [6, 6.07) is 4.27. The Morgan fingerprint density at radius 2 is 2.33 bits per heavy atom. The van der Waals surface area contributed by atoms with E-state index in [2.05, 4.69) is 14.9 Å². The number of nitrogens with zero attached hydrogens (tertiary/aromatic N) is 2. The van der Waals surface area contributed by atoms with E-state index >= 15 is 0 Å². The lowest BCUT2D eigenvalue weighted by Gasteiger charge is -2.07. The van der Waals surface area contributed by atoms with Gasteiger partial charge in [0, 0.05) is 23.1 Å². The summed E-state index contributed by atoms with van der Waals surface area (Å²) in [5.74, 6) is -0.342. The van der Waals surface area contributed by atoms with E-state index in [1.54, 1.807) is 6.07 Å². The molecule has 0 saturated heterocycles. The van der Waals surface area contributed by atoms with Crippen molar-refractivity contribution < 1.29 is 9.13 Å². The molecule has 7 heteroatoms. The smallest absolute Gasteiger partial charge is 0.166 e. The number of benzene rings is 1. The maximum atomic E-state index is 13.5. The van der Waals surface area contributed by atoms with Gasteiger partial charge < -0.3 is 10.1 Å². The van der Waals surface area contributed by atoms with Crippen molar-refractivity contribution in [1.29, 1.82) is 0 Å². The van der Waals surface area contributed by atoms with Gasteiger partial charge in [-0.15, -0.1) is 5.10 Å². The van der Waals surface area contributed by atoms with Crippen LogP contribution < -0.4 is 10.1 Å². The molecule has 0 fully saturated rings. The van der Waals surface area contributed by atoms with E-state index in [9.17, 15) is 4.39 Å². The van der Waals surface area contributed by atoms with Crippen LogP contribution >= 0.6 is 23.1 Å². The van der Waals surface area contributed by atoms with Gasteiger partial charge in [0.1, 0.15) is 17.3 Å². The van der Waals surface area contributed by atoms with Crippen LogP contribution in [0.15, 0.2) is 18.2 Å². The Balaban J connectivity index is 2.04. The van der Waals surface area contributed by atoms with Gasteiger partial charge in [0.2, 0.25) is 0 Å². The maximum absolute atomic E-state index is 13.5. The first kappa shape index (κ1) is 13.0. The number of hydrogen-bond donors (Lipinski definition) is 1. The largest absolute Gasteiger partial charge is 0.484 e. The average molecular weight is 288 g/mol. The Morgan fingerprint density at radius 1 is 1.50 bits per heavy atom. The van der Waals surface area contributed by atoms with Gasteiger partial charge in [0.05, 0.1) is 0 Å². The monoisotopic (exact) mass is 287 g/mol. The zero-order valence-corrected chi connectivity index (χ0v) is 11.2. The first-order chi connectivity index (χ1) is 8.70. The number of ether oxygens (including phenoxy) is 1. The van der Waals surface area contributed by atoms with Crippen molar-refractivity contribution >= 4 is 28.1 Å². The fourth-order valence-corrected chi connectivity index (χ4v) is 2.13. The van der Waals surface area contributed by atoms with E-state index in [1.807, 2.05) is 6.92 Å². The third-order valence-corrected chi connectivity index (χ3v) is 3.11. The lowest BCUT2D eigenvalue weighted by Crippen LogP contribution is -2.03. The maximum Gasteiger partial charge on any atom is 0.166 e. The summed E-state index contributed by atoms with van der Waals surface area (Å²) in [5, 5.41) is 8.22. The second-order valence-electron chi connectivity index (χ2n) is 3.44. The third-order valence-electron chi connectivity index (χ3n) is 2.15. The summed E-state index contributed by atoms with van der Waals surface area (Å²) in [4.78, 5) is 0. The quantitative estimate of drug-likeness (QED) is 0.916. The van der Waals surface area contributed by atoms with Gasteiger partial charge >= 0.3 is 0 Å². The summed E-state index contributed by atoms with van der Waals surface area (Å²) in [6.07, 6.45) is 0. The van der Waals surface area contributed by atoms with Gasteiger partial charge in [-0.2, -0.15) is 0 Å². The van der Waals surface area contributed by atoms with E-state index in [-0.39, 0.29) is 12.4 Å². The molecule has 2 rings (SSSR count). The summed E-state index contributed by atoms with van der Waals surface area (Å²) >= 11 is 6.91. The number of aromatic nitrogens is 2. The normalized spacial score (nSPS) is 10.4. The molecule has 1 heterocycles. The van der Waals surface area contributed by atoms with Crippen LogP contribution in [0.1, 0.15) is 12.6 Å². The molecule has 0 atom stereocenters. The predicted octanol–water partition coefficient (Wildman–Crippen LogP) is 3.34. The fraction of sp³-hybridized carbons (Fsp3) is 0.273. The van der Waals surface area contributed by atoms with E-state index in [4.69, 9.17) is 16.3 Å². The number of rotatable bonds is 5. The number of halogens is 2. The molecule has 0 aliphatic rings. The first-order valence-electron chi connectivity index (χ1n) is 5.33. The summed E-state index contributed by atoms with van der Waals surface area (Å²) in [7, 11) is 0. The van der Waals surface area contributed by atoms with Crippen molar-refractivity contribution in [3.63, 3.8) is 0 Å². The van der Waals surface area contributed by atoms with Crippen LogP contribution in [0.4, 0.5) is 9.39 Å². The molecule has 0 saturated carbocycles. The van der Waals surface area contributed by atoms with Crippen LogP contribution in [-0.4, -0.2) is 16.1 Å². The van der Waals surface area contributed by atoms with Crippen LogP contribution in [0.25, 0.3) is 0 Å². The van der Waals surface area contributed by atoms with Gasteiger partial charge in [0.15, 0.2) is 11.6 Å². The second kappa shape index (κ2) is 5.97. The molecule has 18 heavy (non-hydrogen) atoms. The second-order valence-corrected chi connectivity index (χ2v) is 4.63. The molecular formula is C11H11ClFN3OS. The molecule has 2 aromatic rings. The van der Waals surface area contributed by atoms with Crippen molar-refractivity contribution in [2.45, 2.75) is 13.5 Å². The van der Waals surface area contributed by atoms with Gasteiger partial charge in [-0.25, -0.2) is 4.39 Å². The minimum atomic E-state index is -0.490. The van der Waals surface area contributed by atoms with Gasteiger partial charge in [-0.3, -0.25) is 0 Å². The molecule has 0 spiro atoms. The van der Waals surface area contributed by atoms with Crippen molar-refractivity contribution in [1.82, 2.24) is 9.59 Å². The van der Waals surface area contributed by atoms with Crippen molar-refractivity contribution in [2.24, 2.45) is 0 Å². The standard InChI is InChI=1S/C11H11ClFN3OS/c1-2-14-11-9(15-16-18-11)6-17-10-4-3-7(12)5-8(10)13/h3-5,14H,2,6H2,1H3. The van der Waals surface area contributed by atoms with E-state index in [0.29, 0.717) is 10.7 Å². The average Bonchev–Trinajstić information content (AvgIpc) is 2.76. The van der Waals surface area contributed by atoms with Gasteiger partial charge in [-0.05, 0) is 25.1 Å². The van der Waals surface area contributed by atoms with Crippen molar-refractivity contribution in [2.75, 3.05) is 11.9 Å². The highest BCUT2D eigenvalue weighted by molar-refractivity contribution is 7.10. The highest BCUT2D eigenvalue weighted by atomic mass is 35.5. The van der Waals surface area contributed by atoms with Crippen LogP contribution in [0.5, 0.6) is 5.75 Å². The summed E-state index contributed by atoms with van der Waals surface area (Å²) in [5.41, 5.74) is 0.663. The zero-order chi connectivity index (χ0) is 13.0.